The van der Waals surface area contributed by atoms with Gasteiger partial charge in [-0.3, -0.25) is 4.79 Å². The van der Waals surface area contributed by atoms with Gasteiger partial charge in [-0.1, -0.05) is 41.3 Å². The summed E-state index contributed by atoms with van der Waals surface area (Å²) >= 11 is 2.88. The number of benzene rings is 1. The SMILES string of the molecule is CC(C)Nc1nnc(SCC(=O)N(C)c2ccccc2)s1. The van der Waals surface area contributed by atoms with Crippen LogP contribution in [0.25, 0.3) is 0 Å². The fourth-order valence-electron chi connectivity index (χ4n) is 1.59. The smallest absolute Gasteiger partial charge is 0.237 e. The molecule has 112 valence electrons. The molecule has 0 radical (unpaired) electrons. The molecule has 0 saturated carbocycles. The number of carbonyl (C=O) groups is 1. The molecule has 1 aromatic heterocycles. The second-order valence-corrected chi connectivity index (χ2v) is 6.95. The van der Waals surface area contributed by atoms with E-state index in [-0.39, 0.29) is 5.91 Å². The quantitative estimate of drug-likeness (QED) is 0.828. The van der Waals surface area contributed by atoms with Gasteiger partial charge >= 0.3 is 0 Å². The Hall–Kier alpha value is -1.60. The number of hydrogen-bond donors (Lipinski definition) is 1. The van der Waals surface area contributed by atoms with Crippen molar-refractivity contribution in [2.45, 2.75) is 24.2 Å². The van der Waals surface area contributed by atoms with Gasteiger partial charge in [0.25, 0.3) is 0 Å². The molecule has 0 fully saturated rings. The maximum Gasteiger partial charge on any atom is 0.237 e. The van der Waals surface area contributed by atoms with E-state index in [9.17, 15) is 4.79 Å². The normalized spacial score (nSPS) is 10.7. The van der Waals surface area contributed by atoms with Crippen LogP contribution in [0.1, 0.15) is 13.8 Å². The highest BCUT2D eigenvalue weighted by atomic mass is 32.2. The Labute approximate surface area is 132 Å². The molecule has 1 amide bonds. The number of thioether (sulfide) groups is 1. The first-order valence-electron chi connectivity index (χ1n) is 6.60. The number of carbonyl (C=O) groups excluding carboxylic acids is 1. The molecule has 0 spiro atoms. The fourth-order valence-corrected chi connectivity index (χ4v) is 3.40. The summed E-state index contributed by atoms with van der Waals surface area (Å²) in [5, 5.41) is 12.1. The third-order valence-electron chi connectivity index (χ3n) is 2.66. The van der Waals surface area contributed by atoms with Crippen molar-refractivity contribution in [1.82, 2.24) is 10.2 Å². The lowest BCUT2D eigenvalue weighted by Gasteiger charge is -2.16. The molecule has 7 heteroatoms. The van der Waals surface area contributed by atoms with Crippen LogP contribution in [0.15, 0.2) is 34.7 Å². The Kier molecular flexibility index (Phi) is 5.58. The van der Waals surface area contributed by atoms with Gasteiger partial charge < -0.3 is 10.2 Å². The molecular weight excluding hydrogens is 304 g/mol. The van der Waals surface area contributed by atoms with E-state index in [2.05, 4.69) is 15.5 Å². The van der Waals surface area contributed by atoms with Crippen molar-refractivity contribution in [3.8, 4) is 0 Å². The third kappa shape index (κ3) is 4.71. The zero-order valence-electron chi connectivity index (χ0n) is 12.2. The molecule has 0 aliphatic heterocycles. The summed E-state index contributed by atoms with van der Waals surface area (Å²) < 4.78 is 0.799. The van der Waals surface area contributed by atoms with E-state index in [1.54, 1.807) is 11.9 Å². The zero-order chi connectivity index (χ0) is 15.2. The number of rotatable bonds is 6. The second-order valence-electron chi connectivity index (χ2n) is 4.75. The maximum atomic E-state index is 12.1. The van der Waals surface area contributed by atoms with E-state index < -0.39 is 0 Å². The first-order valence-corrected chi connectivity index (χ1v) is 8.41. The van der Waals surface area contributed by atoms with Gasteiger partial charge in [0.1, 0.15) is 0 Å². The summed E-state index contributed by atoms with van der Waals surface area (Å²) in [6.07, 6.45) is 0. The predicted octanol–water partition coefficient (Wildman–Crippen LogP) is 3.11. The van der Waals surface area contributed by atoms with Gasteiger partial charge in [-0.15, -0.1) is 10.2 Å². The van der Waals surface area contributed by atoms with E-state index in [4.69, 9.17) is 0 Å². The highest BCUT2D eigenvalue weighted by Gasteiger charge is 2.13. The average Bonchev–Trinajstić information content (AvgIpc) is 2.91. The van der Waals surface area contributed by atoms with Crippen molar-refractivity contribution >= 4 is 39.8 Å². The largest absolute Gasteiger partial charge is 0.358 e. The van der Waals surface area contributed by atoms with Crippen molar-refractivity contribution in [3.63, 3.8) is 0 Å². The van der Waals surface area contributed by atoms with E-state index in [1.807, 2.05) is 44.2 Å². The van der Waals surface area contributed by atoms with E-state index in [1.165, 1.54) is 23.1 Å². The van der Waals surface area contributed by atoms with Crippen LogP contribution < -0.4 is 10.2 Å². The molecule has 2 aromatic rings. The summed E-state index contributed by atoms with van der Waals surface area (Å²) in [5.41, 5.74) is 0.891. The standard InChI is InChI=1S/C14H18N4OS2/c1-10(2)15-13-16-17-14(21-13)20-9-12(19)18(3)11-7-5-4-6-8-11/h4-8,10H,9H2,1-3H3,(H,15,16). The highest BCUT2D eigenvalue weighted by Crippen LogP contribution is 2.26. The van der Waals surface area contributed by atoms with Gasteiger partial charge in [-0.25, -0.2) is 0 Å². The van der Waals surface area contributed by atoms with Crippen molar-refractivity contribution in [1.29, 1.82) is 0 Å². The van der Waals surface area contributed by atoms with E-state index in [0.29, 0.717) is 11.8 Å². The lowest BCUT2D eigenvalue weighted by atomic mass is 10.3. The van der Waals surface area contributed by atoms with Gasteiger partial charge in [0, 0.05) is 18.8 Å². The number of para-hydroxylation sites is 1. The second kappa shape index (κ2) is 7.42. The molecule has 0 bridgehead atoms. The van der Waals surface area contributed by atoms with Crippen LogP contribution >= 0.6 is 23.1 Å². The molecule has 5 nitrogen and oxygen atoms in total. The molecule has 0 saturated heterocycles. The summed E-state index contributed by atoms with van der Waals surface area (Å²) in [7, 11) is 1.78. The first-order chi connectivity index (χ1) is 10.1. The lowest BCUT2D eigenvalue weighted by Crippen LogP contribution is -2.27. The van der Waals surface area contributed by atoms with Gasteiger partial charge in [0.05, 0.1) is 5.75 Å². The number of hydrogen-bond acceptors (Lipinski definition) is 6. The van der Waals surface area contributed by atoms with Crippen LogP contribution in [0, 0.1) is 0 Å². The molecule has 0 atom stereocenters. The molecule has 2 rings (SSSR count). The molecule has 0 aliphatic rings. The van der Waals surface area contributed by atoms with Crippen molar-refractivity contribution in [2.24, 2.45) is 0 Å². The average molecular weight is 322 g/mol. The first kappa shape index (κ1) is 15.8. The molecule has 0 aliphatic carbocycles. The van der Waals surface area contributed by atoms with Crippen LogP contribution in [0.2, 0.25) is 0 Å². The fraction of sp³-hybridized carbons (Fsp3) is 0.357. The van der Waals surface area contributed by atoms with Crippen LogP contribution in [0.5, 0.6) is 0 Å². The number of nitrogens with one attached hydrogen (secondary N) is 1. The van der Waals surface area contributed by atoms with Crippen LogP contribution in [0.3, 0.4) is 0 Å². The summed E-state index contributed by atoms with van der Waals surface area (Å²) in [6, 6.07) is 9.92. The Bertz CT molecular complexity index is 586. The summed E-state index contributed by atoms with van der Waals surface area (Å²) in [6.45, 7) is 4.10. The topological polar surface area (TPSA) is 58.1 Å². The van der Waals surface area contributed by atoms with Crippen LogP contribution in [0.4, 0.5) is 10.8 Å². The highest BCUT2D eigenvalue weighted by molar-refractivity contribution is 8.01. The van der Waals surface area contributed by atoms with Gasteiger partial charge in [0.2, 0.25) is 11.0 Å². The third-order valence-corrected chi connectivity index (χ3v) is 4.63. The Morgan fingerprint density at radius 3 is 2.71 bits per heavy atom. The van der Waals surface area contributed by atoms with Crippen LogP contribution in [-0.4, -0.2) is 34.9 Å². The predicted molar refractivity (Wildman–Crippen MR) is 89.2 cm³/mol. The van der Waals surface area contributed by atoms with E-state index in [0.717, 1.165) is 15.2 Å². The minimum atomic E-state index is 0.0415. The van der Waals surface area contributed by atoms with Gasteiger partial charge in [-0.2, -0.15) is 0 Å². The number of nitrogens with zero attached hydrogens (tertiary/aromatic N) is 3. The van der Waals surface area contributed by atoms with Gasteiger partial charge in [0.15, 0.2) is 4.34 Å². The molecule has 0 unspecified atom stereocenters. The van der Waals surface area contributed by atoms with E-state index >= 15 is 0 Å². The molecule has 1 aromatic carbocycles. The monoisotopic (exact) mass is 322 g/mol. The zero-order valence-corrected chi connectivity index (χ0v) is 13.9. The number of aromatic nitrogens is 2. The number of amides is 1. The van der Waals surface area contributed by atoms with Gasteiger partial charge in [-0.05, 0) is 26.0 Å². The summed E-state index contributed by atoms with van der Waals surface area (Å²) in [4.78, 5) is 13.8. The van der Waals surface area contributed by atoms with Crippen LogP contribution in [-0.2, 0) is 4.79 Å². The summed E-state index contributed by atoms with van der Waals surface area (Å²) in [5.74, 6) is 0.390. The maximum absolute atomic E-state index is 12.1. The van der Waals surface area contributed by atoms with Crippen molar-refractivity contribution in [3.05, 3.63) is 30.3 Å². The molecule has 1 N–H and O–H groups in total. The molecule has 1 heterocycles. The molecule has 21 heavy (non-hydrogen) atoms. The van der Waals surface area contributed by atoms with Crippen molar-refractivity contribution < 1.29 is 4.79 Å². The number of anilines is 2. The minimum absolute atomic E-state index is 0.0415. The Morgan fingerprint density at radius 2 is 2.05 bits per heavy atom. The van der Waals surface area contributed by atoms with Crippen molar-refractivity contribution in [2.75, 3.05) is 23.0 Å². The lowest BCUT2D eigenvalue weighted by molar-refractivity contribution is -0.115. The minimum Gasteiger partial charge on any atom is -0.358 e. The molecular formula is C14H18N4OS2. The Balaban J connectivity index is 1.88. The Morgan fingerprint density at radius 1 is 1.33 bits per heavy atom.